The molecule has 0 aliphatic rings. The third-order valence-electron chi connectivity index (χ3n) is 2.51. The van der Waals surface area contributed by atoms with Crippen LogP contribution in [-0.4, -0.2) is 12.6 Å². The highest BCUT2D eigenvalue weighted by atomic mass is 19.1. The van der Waals surface area contributed by atoms with Gasteiger partial charge in [-0.3, -0.25) is 0 Å². The van der Waals surface area contributed by atoms with Crippen molar-refractivity contribution in [1.29, 1.82) is 0 Å². The fraction of sp³-hybridized carbons (Fsp3) is 0.571. The van der Waals surface area contributed by atoms with Gasteiger partial charge < -0.3 is 10.5 Å². The van der Waals surface area contributed by atoms with Crippen LogP contribution in [0.15, 0.2) is 18.2 Å². The molecule has 0 saturated carbocycles. The maximum absolute atomic E-state index is 13.3. The summed E-state index contributed by atoms with van der Waals surface area (Å²) < 4.78 is 18.9. The highest BCUT2D eigenvalue weighted by Gasteiger charge is 2.04. The van der Waals surface area contributed by atoms with E-state index < -0.39 is 0 Å². The second-order valence-corrected chi connectivity index (χ2v) is 4.53. The molecule has 0 amide bonds. The predicted octanol–water partition coefficient (Wildman–Crippen LogP) is 3.28. The Bertz CT molecular complexity index is 339. The Hall–Kier alpha value is -1.09. The first-order chi connectivity index (χ1) is 8.11. The van der Waals surface area contributed by atoms with Gasteiger partial charge in [-0.15, -0.1) is 0 Å². The summed E-state index contributed by atoms with van der Waals surface area (Å²) in [4.78, 5) is 0. The van der Waals surface area contributed by atoms with E-state index in [2.05, 4.69) is 6.92 Å². The van der Waals surface area contributed by atoms with Gasteiger partial charge in [-0.05, 0) is 37.5 Å². The van der Waals surface area contributed by atoms with Crippen LogP contribution in [0.2, 0.25) is 0 Å². The van der Waals surface area contributed by atoms with Crippen molar-refractivity contribution in [2.45, 2.75) is 45.6 Å². The molecule has 0 aliphatic heterocycles. The summed E-state index contributed by atoms with van der Waals surface area (Å²) >= 11 is 0. The van der Waals surface area contributed by atoms with Gasteiger partial charge in [0.05, 0.1) is 6.61 Å². The lowest BCUT2D eigenvalue weighted by molar-refractivity contribution is 0.304. The summed E-state index contributed by atoms with van der Waals surface area (Å²) in [5, 5.41) is 0. The third-order valence-corrected chi connectivity index (χ3v) is 2.51. The minimum Gasteiger partial charge on any atom is -0.493 e. The molecule has 1 atom stereocenters. The number of hydrogen-bond acceptors (Lipinski definition) is 2. The Balaban J connectivity index is 2.56. The second-order valence-electron chi connectivity index (χ2n) is 4.53. The van der Waals surface area contributed by atoms with Crippen LogP contribution < -0.4 is 10.5 Å². The number of nitrogens with two attached hydrogens (primary N) is 1. The van der Waals surface area contributed by atoms with E-state index in [9.17, 15) is 4.39 Å². The van der Waals surface area contributed by atoms with Crippen LogP contribution in [-0.2, 0) is 6.42 Å². The van der Waals surface area contributed by atoms with Gasteiger partial charge in [0.2, 0.25) is 0 Å². The molecule has 17 heavy (non-hydrogen) atoms. The van der Waals surface area contributed by atoms with Crippen molar-refractivity contribution < 1.29 is 9.13 Å². The molecular formula is C14H22FNO. The topological polar surface area (TPSA) is 35.2 Å². The Kier molecular flexibility index (Phi) is 5.98. The van der Waals surface area contributed by atoms with E-state index in [-0.39, 0.29) is 11.9 Å². The van der Waals surface area contributed by atoms with Gasteiger partial charge in [0, 0.05) is 12.1 Å². The van der Waals surface area contributed by atoms with Crippen molar-refractivity contribution in [3.63, 3.8) is 0 Å². The van der Waals surface area contributed by atoms with Gasteiger partial charge in [-0.2, -0.15) is 0 Å². The third kappa shape index (κ3) is 5.68. The Morgan fingerprint density at radius 2 is 2.06 bits per heavy atom. The molecule has 0 spiro atoms. The highest BCUT2D eigenvalue weighted by Crippen LogP contribution is 2.18. The molecule has 0 fully saturated rings. The fourth-order valence-corrected chi connectivity index (χ4v) is 1.74. The van der Waals surface area contributed by atoms with Crippen LogP contribution >= 0.6 is 0 Å². The van der Waals surface area contributed by atoms with E-state index >= 15 is 0 Å². The Morgan fingerprint density at radius 3 is 2.71 bits per heavy atom. The van der Waals surface area contributed by atoms with E-state index in [1.165, 1.54) is 12.1 Å². The summed E-state index contributed by atoms with van der Waals surface area (Å²) in [6, 6.07) is 4.85. The molecule has 1 unspecified atom stereocenters. The molecule has 3 heteroatoms. The van der Waals surface area contributed by atoms with Gasteiger partial charge >= 0.3 is 0 Å². The second kappa shape index (κ2) is 7.28. The van der Waals surface area contributed by atoms with Crippen molar-refractivity contribution in [2.75, 3.05) is 6.61 Å². The molecular weight excluding hydrogens is 217 g/mol. The minimum absolute atomic E-state index is 0.0322. The van der Waals surface area contributed by atoms with Crippen LogP contribution in [0, 0.1) is 5.82 Å². The van der Waals surface area contributed by atoms with Crippen molar-refractivity contribution in [2.24, 2.45) is 5.73 Å². The normalized spacial score (nSPS) is 12.5. The summed E-state index contributed by atoms with van der Waals surface area (Å²) in [7, 11) is 0. The molecule has 0 saturated heterocycles. The van der Waals surface area contributed by atoms with Crippen LogP contribution in [0.3, 0.4) is 0 Å². The Labute approximate surface area is 103 Å². The summed E-state index contributed by atoms with van der Waals surface area (Å²) in [5.41, 5.74) is 6.59. The van der Waals surface area contributed by atoms with Crippen LogP contribution in [0.1, 0.15) is 38.7 Å². The van der Waals surface area contributed by atoms with E-state index in [1.54, 1.807) is 0 Å². The van der Waals surface area contributed by atoms with Gasteiger partial charge in [0.15, 0.2) is 0 Å². The van der Waals surface area contributed by atoms with Crippen molar-refractivity contribution >= 4 is 0 Å². The predicted molar refractivity (Wildman–Crippen MR) is 68.8 cm³/mol. The fourth-order valence-electron chi connectivity index (χ4n) is 1.74. The summed E-state index contributed by atoms with van der Waals surface area (Å²) in [6.07, 6.45) is 3.98. The van der Waals surface area contributed by atoms with E-state index in [0.717, 1.165) is 24.8 Å². The quantitative estimate of drug-likeness (QED) is 0.741. The lowest BCUT2D eigenvalue weighted by atomic mass is 10.1. The maximum Gasteiger partial charge on any atom is 0.127 e. The lowest BCUT2D eigenvalue weighted by Crippen LogP contribution is -2.17. The number of unbranched alkanes of at least 4 members (excludes halogenated alkanes) is 2. The smallest absolute Gasteiger partial charge is 0.127 e. The molecule has 0 aromatic heterocycles. The number of ether oxygens (including phenoxy) is 1. The Morgan fingerprint density at radius 1 is 1.29 bits per heavy atom. The van der Waals surface area contributed by atoms with Crippen LogP contribution in [0.4, 0.5) is 4.39 Å². The zero-order valence-corrected chi connectivity index (χ0v) is 10.7. The average molecular weight is 239 g/mol. The molecule has 96 valence electrons. The van der Waals surface area contributed by atoms with E-state index in [4.69, 9.17) is 10.5 Å². The SMILES string of the molecule is CCCCCOc1cc(F)cc(CC(C)N)c1. The zero-order valence-electron chi connectivity index (χ0n) is 10.7. The summed E-state index contributed by atoms with van der Waals surface area (Å²) in [5.74, 6) is 0.352. The zero-order chi connectivity index (χ0) is 12.7. The van der Waals surface area contributed by atoms with Gasteiger partial charge in [-0.1, -0.05) is 19.8 Å². The average Bonchev–Trinajstić information content (AvgIpc) is 2.22. The van der Waals surface area contributed by atoms with Gasteiger partial charge in [-0.25, -0.2) is 4.39 Å². The molecule has 1 rings (SSSR count). The van der Waals surface area contributed by atoms with Gasteiger partial charge in [0.25, 0.3) is 0 Å². The minimum atomic E-state index is -0.256. The van der Waals surface area contributed by atoms with Crippen molar-refractivity contribution in [1.82, 2.24) is 0 Å². The summed E-state index contributed by atoms with van der Waals surface area (Å²) in [6.45, 7) is 4.70. The van der Waals surface area contributed by atoms with E-state index in [1.807, 2.05) is 13.0 Å². The van der Waals surface area contributed by atoms with E-state index in [0.29, 0.717) is 18.8 Å². The molecule has 0 bridgehead atoms. The number of rotatable bonds is 7. The van der Waals surface area contributed by atoms with Crippen LogP contribution in [0.25, 0.3) is 0 Å². The monoisotopic (exact) mass is 239 g/mol. The van der Waals surface area contributed by atoms with Crippen molar-refractivity contribution in [3.8, 4) is 5.75 Å². The number of halogens is 1. The number of benzene rings is 1. The molecule has 0 radical (unpaired) electrons. The molecule has 1 aromatic rings. The highest BCUT2D eigenvalue weighted by molar-refractivity contribution is 5.30. The first kappa shape index (κ1) is 14.0. The van der Waals surface area contributed by atoms with Crippen molar-refractivity contribution in [3.05, 3.63) is 29.6 Å². The molecule has 0 heterocycles. The largest absolute Gasteiger partial charge is 0.493 e. The molecule has 1 aromatic carbocycles. The van der Waals surface area contributed by atoms with Gasteiger partial charge in [0.1, 0.15) is 11.6 Å². The number of hydrogen-bond donors (Lipinski definition) is 1. The lowest BCUT2D eigenvalue weighted by Gasteiger charge is -2.10. The first-order valence-electron chi connectivity index (χ1n) is 6.29. The molecule has 2 nitrogen and oxygen atoms in total. The molecule has 0 aliphatic carbocycles. The standard InChI is InChI=1S/C14H22FNO/c1-3-4-5-6-17-14-9-12(7-11(2)16)8-13(15)10-14/h8-11H,3-7,16H2,1-2H3. The maximum atomic E-state index is 13.3. The first-order valence-corrected chi connectivity index (χ1v) is 6.29. The van der Waals surface area contributed by atoms with Crippen LogP contribution in [0.5, 0.6) is 5.75 Å². The molecule has 2 N–H and O–H groups in total.